The second-order valence-electron chi connectivity index (χ2n) is 4.44. The Bertz CT molecular complexity index is 340. The summed E-state index contributed by atoms with van der Waals surface area (Å²) in [5.74, 6) is 1.53. The van der Waals surface area contributed by atoms with Gasteiger partial charge in [0.15, 0.2) is 0 Å². The topological polar surface area (TPSA) is 21.8 Å². The summed E-state index contributed by atoms with van der Waals surface area (Å²) < 4.78 is 10.7. The largest absolute Gasteiger partial charge is 0.491 e. The fourth-order valence-corrected chi connectivity index (χ4v) is 1.74. The minimum absolute atomic E-state index is 0.329. The van der Waals surface area contributed by atoms with E-state index in [0.717, 1.165) is 12.4 Å². The predicted octanol–water partition coefficient (Wildman–Crippen LogP) is 2.90. The van der Waals surface area contributed by atoms with Gasteiger partial charge in [0.2, 0.25) is 0 Å². The molecular weight excluding hydrogens is 188 g/mol. The molecule has 0 aromatic heterocycles. The summed E-state index contributed by atoms with van der Waals surface area (Å²) in [7, 11) is 0. The number of epoxide rings is 1. The molecule has 0 amide bonds. The van der Waals surface area contributed by atoms with Crippen LogP contribution in [0.2, 0.25) is 0 Å². The maximum atomic E-state index is 5.62. The van der Waals surface area contributed by atoms with E-state index in [0.29, 0.717) is 18.6 Å². The van der Waals surface area contributed by atoms with Crippen LogP contribution in [0.3, 0.4) is 0 Å². The number of benzene rings is 1. The van der Waals surface area contributed by atoms with Gasteiger partial charge in [-0.2, -0.15) is 0 Å². The highest BCUT2D eigenvalue weighted by Crippen LogP contribution is 2.24. The van der Waals surface area contributed by atoms with Crippen LogP contribution in [-0.4, -0.2) is 19.3 Å². The number of hydrogen-bond acceptors (Lipinski definition) is 2. The molecule has 0 saturated carbocycles. The molecule has 0 unspecified atom stereocenters. The van der Waals surface area contributed by atoms with Gasteiger partial charge >= 0.3 is 0 Å². The second-order valence-corrected chi connectivity index (χ2v) is 4.44. The van der Waals surface area contributed by atoms with Crippen molar-refractivity contribution in [3.63, 3.8) is 0 Å². The monoisotopic (exact) mass is 206 g/mol. The van der Waals surface area contributed by atoms with Crippen LogP contribution in [0.1, 0.15) is 30.9 Å². The molecule has 2 nitrogen and oxygen atoms in total. The van der Waals surface area contributed by atoms with Crippen molar-refractivity contribution in [1.82, 2.24) is 0 Å². The summed E-state index contributed by atoms with van der Waals surface area (Å²) in [6, 6.07) is 6.31. The van der Waals surface area contributed by atoms with E-state index in [1.165, 1.54) is 11.1 Å². The molecule has 0 N–H and O–H groups in total. The van der Waals surface area contributed by atoms with E-state index >= 15 is 0 Å². The van der Waals surface area contributed by atoms with Gasteiger partial charge in [-0.05, 0) is 36.1 Å². The van der Waals surface area contributed by atoms with Gasteiger partial charge in [-0.25, -0.2) is 0 Å². The lowest BCUT2D eigenvalue weighted by atomic mass is 9.98. The molecule has 82 valence electrons. The van der Waals surface area contributed by atoms with Crippen LogP contribution < -0.4 is 4.74 Å². The summed E-state index contributed by atoms with van der Waals surface area (Å²) in [5.41, 5.74) is 2.70. The Morgan fingerprint density at radius 3 is 2.73 bits per heavy atom. The minimum atomic E-state index is 0.329. The number of rotatable bonds is 4. The van der Waals surface area contributed by atoms with Gasteiger partial charge < -0.3 is 9.47 Å². The van der Waals surface area contributed by atoms with Gasteiger partial charge in [0.1, 0.15) is 18.5 Å². The van der Waals surface area contributed by atoms with Crippen molar-refractivity contribution in [3.8, 4) is 5.75 Å². The highest BCUT2D eigenvalue weighted by atomic mass is 16.6. The Kier molecular flexibility index (Phi) is 2.96. The fourth-order valence-electron chi connectivity index (χ4n) is 1.74. The molecular formula is C13H18O2. The molecule has 15 heavy (non-hydrogen) atoms. The first kappa shape index (κ1) is 10.5. The zero-order valence-corrected chi connectivity index (χ0v) is 9.62. The summed E-state index contributed by atoms with van der Waals surface area (Å²) in [5, 5.41) is 0. The summed E-state index contributed by atoms with van der Waals surface area (Å²) in [4.78, 5) is 0. The Hall–Kier alpha value is -1.02. The van der Waals surface area contributed by atoms with Gasteiger partial charge in [0, 0.05) is 0 Å². The maximum absolute atomic E-state index is 5.62. The quantitative estimate of drug-likeness (QED) is 0.706. The van der Waals surface area contributed by atoms with Crippen LogP contribution in [0.4, 0.5) is 0 Å². The van der Waals surface area contributed by atoms with Crippen molar-refractivity contribution in [2.75, 3.05) is 13.2 Å². The molecule has 1 atom stereocenters. The van der Waals surface area contributed by atoms with Crippen molar-refractivity contribution < 1.29 is 9.47 Å². The van der Waals surface area contributed by atoms with Gasteiger partial charge in [0.25, 0.3) is 0 Å². The fraction of sp³-hybridized carbons (Fsp3) is 0.538. The van der Waals surface area contributed by atoms with Gasteiger partial charge in [-0.15, -0.1) is 0 Å². The van der Waals surface area contributed by atoms with E-state index in [2.05, 4.69) is 32.9 Å². The first-order valence-electron chi connectivity index (χ1n) is 5.52. The molecule has 0 radical (unpaired) electrons. The van der Waals surface area contributed by atoms with Crippen LogP contribution >= 0.6 is 0 Å². The SMILES string of the molecule is Cc1cc(OC[C@H]2CO2)ccc1C(C)C. The van der Waals surface area contributed by atoms with E-state index in [1.807, 2.05) is 6.07 Å². The van der Waals surface area contributed by atoms with Gasteiger partial charge in [-0.3, -0.25) is 0 Å². The van der Waals surface area contributed by atoms with Crippen molar-refractivity contribution >= 4 is 0 Å². The number of hydrogen-bond donors (Lipinski definition) is 0. The molecule has 2 rings (SSSR count). The molecule has 1 aliphatic rings. The van der Waals surface area contributed by atoms with E-state index in [1.54, 1.807) is 0 Å². The van der Waals surface area contributed by atoms with Crippen LogP contribution in [0.5, 0.6) is 5.75 Å². The molecule has 1 aromatic rings. The lowest BCUT2D eigenvalue weighted by molar-refractivity contribution is 0.263. The Labute approximate surface area is 91.2 Å². The average Bonchev–Trinajstić information content (AvgIpc) is 2.97. The standard InChI is InChI=1S/C13H18O2/c1-9(2)13-5-4-11(6-10(13)3)14-7-12-8-15-12/h4-6,9,12H,7-8H2,1-3H3/t12-/m0/s1. The molecule has 1 saturated heterocycles. The lowest BCUT2D eigenvalue weighted by Crippen LogP contribution is -2.04. The average molecular weight is 206 g/mol. The molecule has 0 spiro atoms. The lowest BCUT2D eigenvalue weighted by Gasteiger charge is -2.11. The molecule has 1 fully saturated rings. The molecule has 1 heterocycles. The molecule has 0 aliphatic carbocycles. The zero-order valence-electron chi connectivity index (χ0n) is 9.62. The first-order valence-corrected chi connectivity index (χ1v) is 5.52. The van der Waals surface area contributed by atoms with Crippen molar-refractivity contribution in [1.29, 1.82) is 0 Å². The highest BCUT2D eigenvalue weighted by Gasteiger charge is 2.23. The first-order chi connectivity index (χ1) is 7.16. The third-order valence-corrected chi connectivity index (χ3v) is 2.70. The summed E-state index contributed by atoms with van der Waals surface area (Å²) in [6.45, 7) is 8.08. The predicted molar refractivity (Wildman–Crippen MR) is 60.5 cm³/mol. The third-order valence-electron chi connectivity index (χ3n) is 2.70. The van der Waals surface area contributed by atoms with Gasteiger partial charge in [-0.1, -0.05) is 19.9 Å². The van der Waals surface area contributed by atoms with Crippen molar-refractivity contribution in [2.45, 2.75) is 32.8 Å². The Balaban J connectivity index is 2.03. The summed E-state index contributed by atoms with van der Waals surface area (Å²) >= 11 is 0. The highest BCUT2D eigenvalue weighted by molar-refractivity contribution is 5.36. The Morgan fingerprint density at radius 2 is 2.20 bits per heavy atom. The summed E-state index contributed by atoms with van der Waals surface area (Å²) in [6.07, 6.45) is 0.329. The van der Waals surface area contributed by atoms with E-state index < -0.39 is 0 Å². The van der Waals surface area contributed by atoms with E-state index in [4.69, 9.17) is 9.47 Å². The van der Waals surface area contributed by atoms with Crippen molar-refractivity contribution in [2.24, 2.45) is 0 Å². The molecule has 0 bridgehead atoms. The smallest absolute Gasteiger partial charge is 0.119 e. The van der Waals surface area contributed by atoms with E-state index in [9.17, 15) is 0 Å². The van der Waals surface area contributed by atoms with Crippen LogP contribution in [0.25, 0.3) is 0 Å². The van der Waals surface area contributed by atoms with Crippen LogP contribution in [0.15, 0.2) is 18.2 Å². The maximum Gasteiger partial charge on any atom is 0.119 e. The third kappa shape index (κ3) is 2.72. The number of ether oxygens (including phenoxy) is 2. The molecule has 1 aliphatic heterocycles. The van der Waals surface area contributed by atoms with Crippen LogP contribution in [0, 0.1) is 6.92 Å². The second kappa shape index (κ2) is 4.23. The molecule has 2 heteroatoms. The Morgan fingerprint density at radius 1 is 1.47 bits per heavy atom. The molecule has 1 aromatic carbocycles. The van der Waals surface area contributed by atoms with E-state index in [-0.39, 0.29) is 0 Å². The minimum Gasteiger partial charge on any atom is -0.491 e. The number of aryl methyl sites for hydroxylation is 1. The van der Waals surface area contributed by atoms with Crippen LogP contribution in [-0.2, 0) is 4.74 Å². The zero-order chi connectivity index (χ0) is 10.8. The van der Waals surface area contributed by atoms with Crippen molar-refractivity contribution in [3.05, 3.63) is 29.3 Å². The normalized spacial score (nSPS) is 19.3. The van der Waals surface area contributed by atoms with Gasteiger partial charge in [0.05, 0.1) is 6.61 Å².